The molecule has 5 N–H and O–H groups in total. The summed E-state index contributed by atoms with van der Waals surface area (Å²) in [6.07, 6.45) is 26.4. The lowest BCUT2D eigenvalue weighted by Gasteiger charge is -2.12. The van der Waals surface area contributed by atoms with Crippen LogP contribution in [0.3, 0.4) is 0 Å². The van der Waals surface area contributed by atoms with Crippen LogP contribution in [0.2, 0.25) is 0 Å². The second-order valence-corrected chi connectivity index (χ2v) is 10.3. The second-order valence-electron chi connectivity index (χ2n) is 9.47. The number of unbranched alkanes of at least 4 members (excludes halogenated alkanes) is 18. The van der Waals surface area contributed by atoms with Crippen LogP contribution in [-0.4, -0.2) is 29.3 Å². The number of hydrogen-bond donors (Lipinski definition) is 4. The lowest BCUT2D eigenvalue weighted by atomic mass is 10.1. The van der Waals surface area contributed by atoms with Gasteiger partial charge in [-0.15, -0.1) is 0 Å². The molecule has 0 spiro atoms. The number of guanidine groups is 1. The van der Waals surface area contributed by atoms with Gasteiger partial charge in [-0.3, -0.25) is 4.99 Å². The SMILES string of the molecule is CCCCCCCCCCCCN=C(N)NC(=S)NC(=S)NCCCCCCCCCCCC. The predicted molar refractivity (Wildman–Crippen MR) is 160 cm³/mol. The Morgan fingerprint density at radius 1 is 0.559 bits per heavy atom. The molecule has 0 aliphatic heterocycles. The van der Waals surface area contributed by atoms with Gasteiger partial charge in [0.05, 0.1) is 0 Å². The van der Waals surface area contributed by atoms with Gasteiger partial charge in [-0.1, -0.05) is 129 Å². The molecule has 0 unspecified atom stereocenters. The quantitative estimate of drug-likeness (QED) is 0.0520. The zero-order valence-electron chi connectivity index (χ0n) is 22.4. The molecule has 0 radical (unpaired) electrons. The number of nitrogens with two attached hydrogens (primary N) is 1. The lowest BCUT2D eigenvalue weighted by molar-refractivity contribution is 0.555. The van der Waals surface area contributed by atoms with Crippen molar-refractivity contribution in [1.29, 1.82) is 0 Å². The highest BCUT2D eigenvalue weighted by Crippen LogP contribution is 2.11. The molecular weight excluding hydrogens is 458 g/mol. The second kappa shape index (κ2) is 26.7. The van der Waals surface area contributed by atoms with Gasteiger partial charge >= 0.3 is 0 Å². The van der Waals surface area contributed by atoms with Crippen molar-refractivity contribution in [1.82, 2.24) is 16.0 Å². The van der Waals surface area contributed by atoms with E-state index in [0.29, 0.717) is 16.2 Å². The molecule has 0 amide bonds. The fourth-order valence-electron chi connectivity index (χ4n) is 3.95. The van der Waals surface area contributed by atoms with E-state index < -0.39 is 0 Å². The van der Waals surface area contributed by atoms with E-state index in [1.165, 1.54) is 116 Å². The molecule has 0 atom stereocenters. The molecular formula is C27H55N5S2. The van der Waals surface area contributed by atoms with Gasteiger partial charge in [0.1, 0.15) is 0 Å². The maximum atomic E-state index is 5.93. The molecule has 0 bridgehead atoms. The zero-order valence-corrected chi connectivity index (χ0v) is 24.0. The van der Waals surface area contributed by atoms with E-state index in [9.17, 15) is 0 Å². The van der Waals surface area contributed by atoms with Crippen molar-refractivity contribution >= 4 is 40.6 Å². The number of thiocarbonyl (C=S) groups is 2. The van der Waals surface area contributed by atoms with Gasteiger partial charge in [-0.25, -0.2) is 0 Å². The lowest BCUT2D eigenvalue weighted by Crippen LogP contribution is -2.48. The van der Waals surface area contributed by atoms with Crippen molar-refractivity contribution in [3.63, 3.8) is 0 Å². The summed E-state index contributed by atoms with van der Waals surface area (Å²) in [5.74, 6) is 0.353. The fourth-order valence-corrected chi connectivity index (χ4v) is 4.42. The first-order valence-electron chi connectivity index (χ1n) is 14.3. The zero-order chi connectivity index (χ0) is 25.1. The van der Waals surface area contributed by atoms with E-state index in [1.54, 1.807) is 0 Å². The highest BCUT2D eigenvalue weighted by Gasteiger charge is 2.02. The molecule has 0 saturated carbocycles. The van der Waals surface area contributed by atoms with E-state index in [-0.39, 0.29) is 0 Å². The summed E-state index contributed by atoms with van der Waals surface area (Å²) < 4.78 is 0. The van der Waals surface area contributed by atoms with Crippen LogP contribution in [0.15, 0.2) is 4.99 Å². The van der Waals surface area contributed by atoms with E-state index in [1.807, 2.05) is 0 Å². The smallest absolute Gasteiger partial charge is 0.194 e. The Morgan fingerprint density at radius 2 is 0.971 bits per heavy atom. The van der Waals surface area contributed by atoms with Gasteiger partial charge < -0.3 is 21.7 Å². The summed E-state index contributed by atoms with van der Waals surface area (Å²) in [6, 6.07) is 0. The molecule has 0 aromatic carbocycles. The minimum Gasteiger partial charge on any atom is -0.370 e. The van der Waals surface area contributed by atoms with Crippen molar-refractivity contribution in [3.8, 4) is 0 Å². The average molecular weight is 514 g/mol. The van der Waals surface area contributed by atoms with E-state index in [4.69, 9.17) is 30.2 Å². The highest BCUT2D eigenvalue weighted by atomic mass is 32.1. The van der Waals surface area contributed by atoms with Crippen LogP contribution < -0.4 is 21.7 Å². The Hall–Kier alpha value is -0.950. The fraction of sp³-hybridized carbons (Fsp3) is 0.889. The van der Waals surface area contributed by atoms with Gasteiger partial charge in [0, 0.05) is 13.1 Å². The molecule has 7 heteroatoms. The van der Waals surface area contributed by atoms with Crippen molar-refractivity contribution in [2.24, 2.45) is 10.7 Å². The number of nitrogens with zero attached hydrogens (tertiary/aromatic N) is 1. The predicted octanol–water partition coefficient (Wildman–Crippen LogP) is 7.48. The average Bonchev–Trinajstić information content (AvgIpc) is 2.80. The molecule has 5 nitrogen and oxygen atoms in total. The van der Waals surface area contributed by atoms with Gasteiger partial charge in [-0.05, 0) is 37.3 Å². The van der Waals surface area contributed by atoms with Gasteiger partial charge in [0.15, 0.2) is 16.2 Å². The Balaban J connectivity index is 3.54. The molecule has 34 heavy (non-hydrogen) atoms. The third kappa shape index (κ3) is 25.7. The summed E-state index contributed by atoms with van der Waals surface area (Å²) in [6.45, 7) is 6.14. The van der Waals surface area contributed by atoms with E-state index in [2.05, 4.69) is 34.8 Å². The third-order valence-electron chi connectivity index (χ3n) is 6.08. The third-order valence-corrected chi connectivity index (χ3v) is 6.53. The molecule has 0 heterocycles. The van der Waals surface area contributed by atoms with Crippen LogP contribution in [0.5, 0.6) is 0 Å². The van der Waals surface area contributed by atoms with Gasteiger partial charge in [0.2, 0.25) is 0 Å². The first kappa shape index (κ1) is 33.0. The van der Waals surface area contributed by atoms with Crippen molar-refractivity contribution in [2.45, 2.75) is 142 Å². The van der Waals surface area contributed by atoms with Crippen LogP contribution >= 0.6 is 24.4 Å². The van der Waals surface area contributed by atoms with E-state index in [0.717, 1.165) is 25.9 Å². The maximum absolute atomic E-state index is 5.93. The Bertz CT molecular complexity index is 511. The monoisotopic (exact) mass is 513 g/mol. The summed E-state index contributed by atoms with van der Waals surface area (Å²) in [4.78, 5) is 4.36. The Kier molecular flexibility index (Phi) is 25.9. The normalized spacial score (nSPS) is 11.4. The summed E-state index contributed by atoms with van der Waals surface area (Å²) in [5, 5.41) is 10.0. The van der Waals surface area contributed by atoms with Crippen molar-refractivity contribution < 1.29 is 0 Å². The number of hydrogen-bond acceptors (Lipinski definition) is 3. The van der Waals surface area contributed by atoms with Crippen LogP contribution in [0.4, 0.5) is 0 Å². The summed E-state index contributed by atoms with van der Waals surface area (Å²) >= 11 is 10.6. The van der Waals surface area contributed by atoms with Gasteiger partial charge in [0.25, 0.3) is 0 Å². The maximum Gasteiger partial charge on any atom is 0.194 e. The number of aliphatic imine (C=N–C) groups is 1. The number of nitrogens with one attached hydrogen (secondary N) is 3. The Morgan fingerprint density at radius 3 is 1.44 bits per heavy atom. The summed E-state index contributed by atoms with van der Waals surface area (Å²) in [7, 11) is 0. The molecule has 0 fully saturated rings. The largest absolute Gasteiger partial charge is 0.370 e. The minimum atomic E-state index is 0.353. The Labute approximate surface area is 222 Å². The van der Waals surface area contributed by atoms with Crippen LogP contribution in [0.1, 0.15) is 142 Å². The number of rotatable bonds is 22. The molecule has 200 valence electrons. The molecule has 0 saturated heterocycles. The molecule has 0 aromatic heterocycles. The molecule has 0 aliphatic carbocycles. The highest BCUT2D eigenvalue weighted by molar-refractivity contribution is 7.81. The minimum absolute atomic E-state index is 0.353. The van der Waals surface area contributed by atoms with Crippen molar-refractivity contribution in [2.75, 3.05) is 13.1 Å². The standard InChI is InChI=1S/C27H55N5S2/c1-3-5-7-9-11-13-15-17-19-21-23-29-25(28)31-27(34)32-26(33)30-24-22-20-18-16-14-12-10-8-6-4-2/h3-24H2,1-2H3,(H5,28,29,30,31,32,33,34). The summed E-state index contributed by atoms with van der Waals surface area (Å²) in [5.41, 5.74) is 5.93. The molecule has 0 rings (SSSR count). The topological polar surface area (TPSA) is 74.5 Å². The molecule has 0 aromatic rings. The van der Waals surface area contributed by atoms with Crippen LogP contribution in [-0.2, 0) is 0 Å². The van der Waals surface area contributed by atoms with Crippen molar-refractivity contribution in [3.05, 3.63) is 0 Å². The first-order chi connectivity index (χ1) is 16.6. The first-order valence-corrected chi connectivity index (χ1v) is 15.1. The molecule has 0 aliphatic rings. The van der Waals surface area contributed by atoms with Gasteiger partial charge in [-0.2, -0.15) is 0 Å². The van der Waals surface area contributed by atoms with E-state index >= 15 is 0 Å². The van der Waals surface area contributed by atoms with Crippen LogP contribution in [0, 0.1) is 0 Å². The van der Waals surface area contributed by atoms with Crippen LogP contribution in [0.25, 0.3) is 0 Å².